The quantitative estimate of drug-likeness (QED) is 0.630. The normalized spacial score (nSPS) is 20.4. The van der Waals surface area contributed by atoms with E-state index in [0.29, 0.717) is 11.3 Å². The first kappa shape index (κ1) is 13.2. The number of carbonyl (C=O) groups is 1. The van der Waals surface area contributed by atoms with Gasteiger partial charge in [0.2, 0.25) is 5.91 Å². The summed E-state index contributed by atoms with van der Waals surface area (Å²) in [5.74, 6) is -0.660. The Labute approximate surface area is 109 Å². The van der Waals surface area contributed by atoms with Gasteiger partial charge in [-0.2, -0.15) is 5.10 Å². The fraction of sp³-hybridized carbons (Fsp3) is 0.333. The largest absolute Gasteiger partial charge is 0.388 e. The van der Waals surface area contributed by atoms with E-state index in [2.05, 4.69) is 10.5 Å². The van der Waals surface area contributed by atoms with E-state index >= 15 is 0 Å². The van der Waals surface area contributed by atoms with Crippen molar-refractivity contribution in [2.75, 3.05) is 0 Å². The lowest BCUT2D eigenvalue weighted by Gasteiger charge is -2.25. The van der Waals surface area contributed by atoms with E-state index in [1.54, 1.807) is 6.92 Å². The van der Waals surface area contributed by atoms with Gasteiger partial charge in [-0.1, -0.05) is 0 Å². The van der Waals surface area contributed by atoms with Crippen LogP contribution in [0.1, 0.15) is 25.0 Å². The van der Waals surface area contributed by atoms with Gasteiger partial charge >= 0.3 is 0 Å². The predicted molar refractivity (Wildman–Crippen MR) is 67.4 cm³/mol. The van der Waals surface area contributed by atoms with Gasteiger partial charge < -0.3 is 5.11 Å². The molecule has 2 N–H and O–H groups in total. The Morgan fingerprint density at radius 1 is 1.47 bits per heavy atom. The molecule has 2 rings (SSSR count). The van der Waals surface area contributed by atoms with Crippen LogP contribution in [-0.2, 0) is 4.79 Å². The van der Waals surface area contributed by atoms with E-state index in [-0.39, 0.29) is 18.0 Å². The van der Waals surface area contributed by atoms with Crippen LogP contribution in [0.5, 0.6) is 0 Å². The lowest BCUT2D eigenvalue weighted by Crippen LogP contribution is -2.34. The van der Waals surface area contributed by atoms with Crippen LogP contribution in [0.2, 0.25) is 0 Å². The van der Waals surface area contributed by atoms with Gasteiger partial charge in [-0.15, -0.1) is 0 Å². The van der Waals surface area contributed by atoms with Crippen molar-refractivity contribution in [1.82, 2.24) is 5.43 Å². The minimum atomic E-state index is -0.907. The number of aliphatic hydroxyl groups is 1. The average Bonchev–Trinajstić information content (AvgIpc) is 2.41. The Hall–Kier alpha value is -2.28. The van der Waals surface area contributed by atoms with Gasteiger partial charge in [0.05, 0.1) is 11.0 Å². The molecule has 0 spiro atoms. The summed E-state index contributed by atoms with van der Waals surface area (Å²) >= 11 is 0. The highest BCUT2D eigenvalue weighted by Gasteiger charge is 2.29. The van der Waals surface area contributed by atoms with Gasteiger partial charge in [0.25, 0.3) is 5.69 Å². The molecule has 1 aromatic rings. The number of benzene rings is 1. The number of non-ortho nitro benzene ring substituents is 1. The first-order valence-electron chi connectivity index (χ1n) is 5.74. The molecule has 1 aromatic carbocycles. The fourth-order valence-electron chi connectivity index (χ4n) is 1.99. The second kappa shape index (κ2) is 5.15. The SMILES string of the molecule is CC1=NNC(=O)CC1C(O)c1ccc([N+](=O)[O-])cc1. The molecule has 7 heteroatoms. The van der Waals surface area contributed by atoms with E-state index in [9.17, 15) is 20.0 Å². The van der Waals surface area contributed by atoms with Crippen molar-refractivity contribution in [1.29, 1.82) is 0 Å². The van der Waals surface area contributed by atoms with Crippen LogP contribution in [0, 0.1) is 16.0 Å². The first-order chi connectivity index (χ1) is 8.99. The lowest BCUT2D eigenvalue weighted by atomic mass is 9.88. The van der Waals surface area contributed by atoms with E-state index in [1.165, 1.54) is 24.3 Å². The van der Waals surface area contributed by atoms with Gasteiger partial charge in [-0.3, -0.25) is 14.9 Å². The van der Waals surface area contributed by atoms with E-state index < -0.39 is 16.9 Å². The monoisotopic (exact) mass is 263 g/mol. The number of hydrogen-bond acceptors (Lipinski definition) is 5. The summed E-state index contributed by atoms with van der Waals surface area (Å²) in [5.41, 5.74) is 3.46. The van der Waals surface area contributed by atoms with E-state index in [1.807, 2.05) is 0 Å². The molecule has 0 saturated carbocycles. The molecule has 1 aliphatic rings. The molecule has 0 saturated heterocycles. The Kier molecular flexibility index (Phi) is 3.57. The molecule has 0 fully saturated rings. The summed E-state index contributed by atoms with van der Waals surface area (Å²) < 4.78 is 0. The number of amides is 1. The molecule has 19 heavy (non-hydrogen) atoms. The molecule has 2 unspecified atom stereocenters. The maximum Gasteiger partial charge on any atom is 0.269 e. The third-order valence-electron chi connectivity index (χ3n) is 3.13. The van der Waals surface area contributed by atoms with Crippen molar-refractivity contribution in [2.24, 2.45) is 11.0 Å². The zero-order chi connectivity index (χ0) is 14.0. The Bertz CT molecular complexity index is 538. The topological polar surface area (TPSA) is 105 Å². The summed E-state index contributed by atoms with van der Waals surface area (Å²) in [4.78, 5) is 21.3. The Morgan fingerprint density at radius 2 is 2.11 bits per heavy atom. The van der Waals surface area contributed by atoms with Gasteiger partial charge in [0.1, 0.15) is 0 Å². The van der Waals surface area contributed by atoms with Crippen LogP contribution >= 0.6 is 0 Å². The number of nitro benzene ring substituents is 1. The smallest absolute Gasteiger partial charge is 0.269 e. The molecule has 7 nitrogen and oxygen atoms in total. The number of aliphatic hydroxyl groups excluding tert-OH is 1. The number of carbonyl (C=O) groups excluding carboxylic acids is 1. The minimum Gasteiger partial charge on any atom is -0.388 e. The fourth-order valence-corrected chi connectivity index (χ4v) is 1.99. The van der Waals surface area contributed by atoms with Gasteiger partial charge in [-0.25, -0.2) is 5.43 Å². The third-order valence-corrected chi connectivity index (χ3v) is 3.13. The van der Waals surface area contributed by atoms with E-state index in [4.69, 9.17) is 0 Å². The number of nitro groups is 1. The number of hydrazone groups is 1. The summed E-state index contributed by atoms with van der Waals surface area (Å²) in [6, 6.07) is 5.63. The molecule has 1 aliphatic heterocycles. The van der Waals surface area contributed by atoms with E-state index in [0.717, 1.165) is 0 Å². The second-order valence-electron chi connectivity index (χ2n) is 4.39. The summed E-state index contributed by atoms with van der Waals surface area (Å²) in [6.45, 7) is 1.72. The zero-order valence-corrected chi connectivity index (χ0v) is 10.2. The molecule has 0 aromatic heterocycles. The molecule has 1 amide bonds. The Morgan fingerprint density at radius 3 is 2.68 bits per heavy atom. The molecular weight excluding hydrogens is 250 g/mol. The van der Waals surface area contributed by atoms with Crippen molar-refractivity contribution in [3.63, 3.8) is 0 Å². The summed E-state index contributed by atoms with van der Waals surface area (Å²) in [5, 5.41) is 24.6. The highest BCUT2D eigenvalue weighted by molar-refractivity contribution is 5.93. The molecular formula is C12H13N3O4. The number of nitrogens with one attached hydrogen (secondary N) is 1. The standard InChI is InChI=1S/C12H13N3O4/c1-7-10(6-11(16)14-13-7)12(17)8-2-4-9(5-3-8)15(18)19/h2-5,10,12,17H,6H2,1H3,(H,14,16). The van der Waals surface area contributed by atoms with Gasteiger partial charge in [0, 0.05) is 30.2 Å². The van der Waals surface area contributed by atoms with Crippen molar-refractivity contribution in [3.05, 3.63) is 39.9 Å². The van der Waals surface area contributed by atoms with Crippen LogP contribution < -0.4 is 5.43 Å². The highest BCUT2D eigenvalue weighted by atomic mass is 16.6. The van der Waals surface area contributed by atoms with Gasteiger partial charge in [0.15, 0.2) is 0 Å². The van der Waals surface area contributed by atoms with Crippen LogP contribution in [0.25, 0.3) is 0 Å². The molecule has 0 bridgehead atoms. The maximum absolute atomic E-state index is 11.3. The average molecular weight is 263 g/mol. The van der Waals surface area contributed by atoms with Crippen LogP contribution in [0.3, 0.4) is 0 Å². The van der Waals surface area contributed by atoms with Gasteiger partial charge in [-0.05, 0) is 24.6 Å². The number of rotatable bonds is 3. The van der Waals surface area contributed by atoms with Crippen molar-refractivity contribution >= 4 is 17.3 Å². The predicted octanol–water partition coefficient (Wildman–Crippen LogP) is 1.14. The number of nitrogens with zero attached hydrogens (tertiary/aromatic N) is 2. The molecule has 0 radical (unpaired) electrons. The third kappa shape index (κ3) is 2.76. The van der Waals surface area contributed by atoms with Crippen LogP contribution in [0.15, 0.2) is 29.4 Å². The Balaban J connectivity index is 2.21. The molecule has 2 atom stereocenters. The summed E-state index contributed by atoms with van der Waals surface area (Å²) in [7, 11) is 0. The lowest BCUT2D eigenvalue weighted by molar-refractivity contribution is -0.384. The van der Waals surface area contributed by atoms with Crippen molar-refractivity contribution in [3.8, 4) is 0 Å². The molecule has 1 heterocycles. The van der Waals surface area contributed by atoms with Crippen LogP contribution in [0.4, 0.5) is 5.69 Å². The van der Waals surface area contributed by atoms with Crippen molar-refractivity contribution in [2.45, 2.75) is 19.4 Å². The van der Waals surface area contributed by atoms with Crippen LogP contribution in [-0.4, -0.2) is 21.6 Å². The maximum atomic E-state index is 11.3. The minimum absolute atomic E-state index is 0.0391. The molecule has 100 valence electrons. The van der Waals surface area contributed by atoms with Crippen molar-refractivity contribution < 1.29 is 14.8 Å². The molecule has 0 aliphatic carbocycles. The first-order valence-corrected chi connectivity index (χ1v) is 5.74. The zero-order valence-electron chi connectivity index (χ0n) is 10.2. The summed E-state index contributed by atoms with van der Waals surface area (Å²) in [6.07, 6.45) is -0.761. The number of hydrogen-bond donors (Lipinski definition) is 2. The second-order valence-corrected chi connectivity index (χ2v) is 4.39. The highest BCUT2D eigenvalue weighted by Crippen LogP contribution is 2.28.